The van der Waals surface area contributed by atoms with E-state index in [1.807, 2.05) is 12.2 Å². The molecule has 0 saturated heterocycles. The van der Waals surface area contributed by atoms with Gasteiger partial charge in [0, 0.05) is 0 Å². The lowest BCUT2D eigenvalue weighted by molar-refractivity contribution is 1.43. The van der Waals surface area contributed by atoms with Crippen LogP contribution in [0.25, 0.3) is 56.3 Å². The molecule has 0 amide bonds. The van der Waals surface area contributed by atoms with Crippen molar-refractivity contribution in [3.05, 3.63) is 96.1 Å². The molecule has 0 N–H and O–H groups in total. The molecule has 134 valence electrons. The second-order valence-corrected chi connectivity index (χ2v) is 7.51. The highest BCUT2D eigenvalue weighted by Crippen LogP contribution is 2.55. The van der Waals surface area contributed by atoms with E-state index >= 15 is 0 Å². The molecule has 0 atom stereocenters. The molecule has 0 nitrogen and oxygen atoms in total. The van der Waals surface area contributed by atoms with E-state index in [0.29, 0.717) is 0 Å². The summed E-state index contributed by atoms with van der Waals surface area (Å²) >= 11 is 0. The first-order valence-corrected chi connectivity index (χ1v) is 9.71. The predicted octanol–water partition coefficient (Wildman–Crippen LogP) is 8.06. The Bertz CT molecular complexity index is 1290. The van der Waals surface area contributed by atoms with E-state index in [9.17, 15) is 0 Å². The van der Waals surface area contributed by atoms with E-state index in [-0.39, 0.29) is 0 Å². The van der Waals surface area contributed by atoms with Crippen LogP contribution in [0, 0.1) is 13.8 Å². The summed E-state index contributed by atoms with van der Waals surface area (Å²) in [6.45, 7) is 12.7. The SMILES string of the molecule is C=Cc1c(C)c2c(c(-c3ccccc3)c1C=C)-c1ccc(C)c3cccc-2c13. The summed E-state index contributed by atoms with van der Waals surface area (Å²) in [5.41, 5.74) is 12.7. The predicted molar refractivity (Wildman–Crippen MR) is 123 cm³/mol. The fourth-order valence-electron chi connectivity index (χ4n) is 4.87. The van der Waals surface area contributed by atoms with Gasteiger partial charge in [0.15, 0.2) is 0 Å². The summed E-state index contributed by atoms with van der Waals surface area (Å²) in [7, 11) is 0. The van der Waals surface area contributed by atoms with Gasteiger partial charge in [-0.15, -0.1) is 0 Å². The minimum atomic E-state index is 1.17. The number of benzene rings is 4. The smallest absolute Gasteiger partial charge is 0.00110 e. The van der Waals surface area contributed by atoms with Crippen molar-refractivity contribution in [2.45, 2.75) is 13.8 Å². The van der Waals surface area contributed by atoms with E-state index < -0.39 is 0 Å². The summed E-state index contributed by atoms with van der Waals surface area (Å²) in [6, 6.07) is 21.9. The van der Waals surface area contributed by atoms with Crippen LogP contribution in [-0.2, 0) is 0 Å². The zero-order valence-corrected chi connectivity index (χ0v) is 16.3. The molecule has 0 aliphatic heterocycles. The Morgan fingerprint density at radius 2 is 1.36 bits per heavy atom. The van der Waals surface area contributed by atoms with Gasteiger partial charge in [-0.1, -0.05) is 86.0 Å². The average molecular weight is 358 g/mol. The average Bonchev–Trinajstić information content (AvgIpc) is 3.07. The molecule has 4 aromatic rings. The van der Waals surface area contributed by atoms with Crippen LogP contribution in [0.1, 0.15) is 22.3 Å². The van der Waals surface area contributed by atoms with Crippen molar-refractivity contribution in [1.29, 1.82) is 0 Å². The summed E-state index contributed by atoms with van der Waals surface area (Å²) in [5.74, 6) is 0. The zero-order valence-electron chi connectivity index (χ0n) is 16.3. The topological polar surface area (TPSA) is 0 Å². The van der Waals surface area contributed by atoms with Gasteiger partial charge >= 0.3 is 0 Å². The Kier molecular flexibility index (Phi) is 3.64. The van der Waals surface area contributed by atoms with Crippen LogP contribution < -0.4 is 0 Å². The Labute approximate surface area is 166 Å². The van der Waals surface area contributed by atoms with Crippen LogP contribution >= 0.6 is 0 Å². The molecule has 5 rings (SSSR count). The van der Waals surface area contributed by atoms with E-state index in [1.54, 1.807) is 0 Å². The highest BCUT2D eigenvalue weighted by molar-refractivity contribution is 6.20. The van der Waals surface area contributed by atoms with E-state index in [4.69, 9.17) is 0 Å². The van der Waals surface area contributed by atoms with Crippen LogP contribution in [0.3, 0.4) is 0 Å². The summed E-state index contributed by atoms with van der Waals surface area (Å²) in [5, 5.41) is 2.71. The second kappa shape index (κ2) is 6.07. The van der Waals surface area contributed by atoms with Crippen LogP contribution in [0.4, 0.5) is 0 Å². The highest BCUT2D eigenvalue weighted by atomic mass is 14.3. The van der Waals surface area contributed by atoms with Gasteiger partial charge in [-0.3, -0.25) is 0 Å². The Morgan fingerprint density at radius 1 is 0.643 bits per heavy atom. The van der Waals surface area contributed by atoms with Crippen LogP contribution in [-0.4, -0.2) is 0 Å². The summed E-state index contributed by atoms with van der Waals surface area (Å²) in [6.07, 6.45) is 3.97. The molecule has 0 fully saturated rings. The lowest BCUT2D eigenvalue weighted by atomic mass is 9.83. The first-order chi connectivity index (χ1) is 13.7. The summed E-state index contributed by atoms with van der Waals surface area (Å²) in [4.78, 5) is 0. The van der Waals surface area contributed by atoms with Gasteiger partial charge in [0.2, 0.25) is 0 Å². The summed E-state index contributed by atoms with van der Waals surface area (Å²) < 4.78 is 0. The minimum absolute atomic E-state index is 1.17. The van der Waals surface area contributed by atoms with E-state index in [2.05, 4.69) is 87.7 Å². The minimum Gasteiger partial charge on any atom is -0.0984 e. The van der Waals surface area contributed by atoms with Crippen molar-refractivity contribution in [1.82, 2.24) is 0 Å². The molecule has 1 aliphatic rings. The molecule has 0 unspecified atom stereocenters. The molecule has 0 heterocycles. The van der Waals surface area contributed by atoms with E-state index in [1.165, 1.54) is 66.4 Å². The lowest BCUT2D eigenvalue weighted by Gasteiger charge is -2.20. The van der Waals surface area contributed by atoms with Crippen molar-refractivity contribution in [3.8, 4) is 33.4 Å². The van der Waals surface area contributed by atoms with Crippen LogP contribution in [0.2, 0.25) is 0 Å². The Morgan fingerprint density at radius 3 is 2.07 bits per heavy atom. The van der Waals surface area contributed by atoms with Gasteiger partial charge < -0.3 is 0 Å². The van der Waals surface area contributed by atoms with E-state index in [0.717, 1.165) is 0 Å². The van der Waals surface area contributed by atoms with Gasteiger partial charge in [0.25, 0.3) is 0 Å². The number of aryl methyl sites for hydroxylation is 1. The number of fused-ring (bicyclic) bond motifs is 3. The quantitative estimate of drug-likeness (QED) is 0.306. The third-order valence-electron chi connectivity index (χ3n) is 6.11. The zero-order chi connectivity index (χ0) is 19.4. The maximum Gasteiger partial charge on any atom is -0.00110 e. The number of hydrogen-bond donors (Lipinski definition) is 0. The molecular formula is C28H22. The number of hydrogen-bond acceptors (Lipinski definition) is 0. The maximum absolute atomic E-state index is 4.16. The van der Waals surface area contributed by atoms with Gasteiger partial charge in [0.05, 0.1) is 0 Å². The van der Waals surface area contributed by atoms with Crippen LogP contribution in [0.5, 0.6) is 0 Å². The first kappa shape index (κ1) is 16.8. The molecule has 1 aliphatic carbocycles. The van der Waals surface area contributed by atoms with Crippen molar-refractivity contribution in [3.63, 3.8) is 0 Å². The van der Waals surface area contributed by atoms with Crippen molar-refractivity contribution >= 4 is 22.9 Å². The molecule has 28 heavy (non-hydrogen) atoms. The fourth-order valence-corrected chi connectivity index (χ4v) is 4.87. The maximum atomic E-state index is 4.16. The standard InChI is InChI=1S/C28H22/c1-5-20-18(4)25-23-14-10-13-22-17(3)15-16-24(27(22)23)28(25)26(21(20)6-2)19-11-8-7-9-12-19/h5-16H,1-2H2,3-4H3. The van der Waals surface area contributed by atoms with Crippen molar-refractivity contribution < 1.29 is 0 Å². The molecule has 0 bridgehead atoms. The van der Waals surface area contributed by atoms with Crippen molar-refractivity contribution in [2.75, 3.05) is 0 Å². The van der Waals surface area contributed by atoms with Gasteiger partial charge in [-0.25, -0.2) is 0 Å². The monoisotopic (exact) mass is 358 g/mol. The lowest BCUT2D eigenvalue weighted by Crippen LogP contribution is -1.97. The highest BCUT2D eigenvalue weighted by Gasteiger charge is 2.29. The Balaban J connectivity index is 2.06. The Hall–Kier alpha value is -3.38. The van der Waals surface area contributed by atoms with Gasteiger partial charge in [0.1, 0.15) is 0 Å². The molecule has 0 spiro atoms. The number of rotatable bonds is 3. The normalized spacial score (nSPS) is 11.5. The van der Waals surface area contributed by atoms with Gasteiger partial charge in [-0.2, -0.15) is 0 Å². The third-order valence-corrected chi connectivity index (χ3v) is 6.11. The largest absolute Gasteiger partial charge is 0.0984 e. The van der Waals surface area contributed by atoms with Crippen molar-refractivity contribution in [2.24, 2.45) is 0 Å². The molecule has 4 aromatic carbocycles. The molecular weight excluding hydrogens is 336 g/mol. The van der Waals surface area contributed by atoms with Crippen LogP contribution in [0.15, 0.2) is 73.8 Å². The fraction of sp³-hybridized carbons (Fsp3) is 0.0714. The molecule has 0 aromatic heterocycles. The van der Waals surface area contributed by atoms with Gasteiger partial charge in [-0.05, 0) is 80.3 Å². The molecule has 0 saturated carbocycles. The molecule has 0 radical (unpaired) electrons. The first-order valence-electron chi connectivity index (χ1n) is 9.71. The third kappa shape index (κ3) is 2.06. The molecule has 0 heteroatoms. The second-order valence-electron chi connectivity index (χ2n) is 7.51.